The molecule has 1 saturated heterocycles. The summed E-state index contributed by atoms with van der Waals surface area (Å²) >= 11 is 0. The molecule has 1 rings (SSSR count). The molecule has 0 saturated carbocycles. The van der Waals surface area contributed by atoms with Gasteiger partial charge < -0.3 is 15.1 Å². The van der Waals surface area contributed by atoms with Crippen molar-refractivity contribution in [1.82, 2.24) is 10.2 Å². The summed E-state index contributed by atoms with van der Waals surface area (Å²) in [4.78, 5) is 12.7. The molecule has 0 aromatic heterocycles. The minimum Gasteiger partial charge on any atom is -0.393 e. The Morgan fingerprint density at radius 3 is 2.58 bits per heavy atom. The first-order valence-corrected chi connectivity index (χ1v) is 3.96. The molecule has 0 spiro atoms. The van der Waals surface area contributed by atoms with Crippen LogP contribution in [0, 0.1) is 0 Å². The molecular weight excluding hydrogens is 160 g/mol. The van der Waals surface area contributed by atoms with Crippen molar-refractivity contribution >= 4 is 5.91 Å². The number of carbonyl (C=O) groups is 1. The van der Waals surface area contributed by atoms with E-state index < -0.39 is 18.6 Å². The molecule has 0 aromatic rings. The minimum atomic E-state index is -1.26. The third kappa shape index (κ3) is 2.17. The molecule has 69 valence electrons. The van der Waals surface area contributed by atoms with E-state index in [0.717, 1.165) is 0 Å². The zero-order valence-corrected chi connectivity index (χ0v) is 6.81. The summed E-state index contributed by atoms with van der Waals surface area (Å²) in [5, 5.41) is 21.6. The van der Waals surface area contributed by atoms with E-state index in [1.165, 1.54) is 4.90 Å². The lowest BCUT2D eigenvalue weighted by Crippen LogP contribution is -2.48. The first kappa shape index (κ1) is 9.44. The summed E-state index contributed by atoms with van der Waals surface area (Å²) in [5.74, 6) is -0.396. The van der Waals surface area contributed by atoms with Gasteiger partial charge in [0.2, 0.25) is 0 Å². The van der Waals surface area contributed by atoms with Crippen molar-refractivity contribution in [3.63, 3.8) is 0 Å². The number of amides is 1. The van der Waals surface area contributed by atoms with Crippen molar-refractivity contribution in [3.8, 4) is 0 Å². The molecule has 1 aliphatic heterocycles. The molecular formula is C7H13N2O3. The van der Waals surface area contributed by atoms with E-state index in [2.05, 4.69) is 5.32 Å². The van der Waals surface area contributed by atoms with Crippen LogP contribution in [-0.2, 0) is 4.79 Å². The highest BCUT2D eigenvalue weighted by Crippen LogP contribution is 1.97. The molecule has 5 nitrogen and oxygen atoms in total. The molecule has 1 fully saturated rings. The van der Waals surface area contributed by atoms with Crippen molar-refractivity contribution in [3.05, 3.63) is 0 Å². The van der Waals surface area contributed by atoms with Crippen molar-refractivity contribution in [2.45, 2.75) is 6.10 Å². The second kappa shape index (κ2) is 4.39. The number of rotatable bonds is 2. The van der Waals surface area contributed by atoms with E-state index in [1.807, 2.05) is 0 Å². The average molecular weight is 173 g/mol. The van der Waals surface area contributed by atoms with Gasteiger partial charge in [0.05, 0.1) is 6.61 Å². The summed E-state index contributed by atoms with van der Waals surface area (Å²) in [6.45, 7) is 1.85. The van der Waals surface area contributed by atoms with Gasteiger partial charge in [-0.25, -0.2) is 5.32 Å². The van der Waals surface area contributed by atoms with Crippen LogP contribution in [0.2, 0.25) is 0 Å². The standard InChI is InChI=1S/C7H13N2O3/c10-5-6(11)7(12)9-3-1-8-2-4-9/h6,10-11H,1-5H2. The number of piperazine rings is 1. The molecule has 2 N–H and O–H groups in total. The van der Waals surface area contributed by atoms with Crippen molar-refractivity contribution in [1.29, 1.82) is 0 Å². The van der Waals surface area contributed by atoms with Crippen molar-refractivity contribution < 1.29 is 15.0 Å². The Bertz CT molecular complexity index is 157. The second-order valence-corrected chi connectivity index (χ2v) is 2.69. The third-order valence-electron chi connectivity index (χ3n) is 1.83. The minimum absolute atomic E-state index is 0.396. The lowest BCUT2D eigenvalue weighted by molar-refractivity contribution is -0.142. The van der Waals surface area contributed by atoms with Gasteiger partial charge in [-0.2, -0.15) is 0 Å². The van der Waals surface area contributed by atoms with Gasteiger partial charge in [0.15, 0.2) is 6.10 Å². The van der Waals surface area contributed by atoms with E-state index in [9.17, 15) is 4.79 Å². The fourth-order valence-electron chi connectivity index (χ4n) is 1.12. The van der Waals surface area contributed by atoms with Crippen LogP contribution in [0.5, 0.6) is 0 Å². The van der Waals surface area contributed by atoms with Crippen LogP contribution >= 0.6 is 0 Å². The zero-order chi connectivity index (χ0) is 8.97. The van der Waals surface area contributed by atoms with Crippen LogP contribution in [-0.4, -0.2) is 59.9 Å². The highest BCUT2D eigenvalue weighted by atomic mass is 16.3. The normalized spacial score (nSPS) is 20.7. The van der Waals surface area contributed by atoms with Crippen LogP contribution in [0.15, 0.2) is 0 Å². The average Bonchev–Trinajstić information content (AvgIpc) is 2.17. The third-order valence-corrected chi connectivity index (χ3v) is 1.83. The lowest BCUT2D eigenvalue weighted by Gasteiger charge is -2.27. The van der Waals surface area contributed by atoms with Crippen molar-refractivity contribution in [2.24, 2.45) is 0 Å². The van der Waals surface area contributed by atoms with Gasteiger partial charge in [0.25, 0.3) is 5.91 Å². The molecule has 1 aliphatic rings. The maximum absolute atomic E-state index is 11.2. The Balaban J connectivity index is 2.39. The Hall–Kier alpha value is -0.650. The quantitative estimate of drug-likeness (QED) is 0.497. The summed E-state index contributed by atoms with van der Waals surface area (Å²) in [6, 6.07) is 0. The first-order valence-electron chi connectivity index (χ1n) is 3.96. The monoisotopic (exact) mass is 173 g/mol. The van der Waals surface area contributed by atoms with E-state index >= 15 is 0 Å². The second-order valence-electron chi connectivity index (χ2n) is 2.69. The van der Waals surface area contributed by atoms with Crippen LogP contribution in [0.25, 0.3) is 0 Å². The zero-order valence-electron chi connectivity index (χ0n) is 6.81. The van der Waals surface area contributed by atoms with E-state index in [-0.39, 0.29) is 0 Å². The highest BCUT2D eigenvalue weighted by Gasteiger charge is 2.22. The Labute approximate surface area is 71.0 Å². The smallest absolute Gasteiger partial charge is 0.253 e. The molecule has 5 heteroatoms. The fourth-order valence-corrected chi connectivity index (χ4v) is 1.12. The van der Waals surface area contributed by atoms with E-state index in [1.54, 1.807) is 0 Å². The Kier molecular flexibility index (Phi) is 3.46. The first-order chi connectivity index (χ1) is 5.75. The number of aliphatic hydroxyl groups is 2. The van der Waals surface area contributed by atoms with Gasteiger partial charge in [-0.3, -0.25) is 4.79 Å². The van der Waals surface area contributed by atoms with Crippen LogP contribution in [0.3, 0.4) is 0 Å². The SMILES string of the molecule is O=C(C(O)CO)N1CC[N]CC1. The topological polar surface area (TPSA) is 74.9 Å². The number of hydrogen-bond donors (Lipinski definition) is 2. The van der Waals surface area contributed by atoms with E-state index in [0.29, 0.717) is 26.2 Å². The lowest BCUT2D eigenvalue weighted by atomic mass is 10.3. The van der Waals surface area contributed by atoms with Gasteiger partial charge in [-0.1, -0.05) is 0 Å². The predicted molar refractivity (Wildman–Crippen MR) is 41.5 cm³/mol. The summed E-state index contributed by atoms with van der Waals surface area (Å²) in [7, 11) is 0. The van der Waals surface area contributed by atoms with Gasteiger partial charge in [0.1, 0.15) is 0 Å². The summed E-state index contributed by atoms with van der Waals surface area (Å²) < 4.78 is 0. The molecule has 1 amide bonds. The maximum atomic E-state index is 11.2. The van der Waals surface area contributed by atoms with Crippen LogP contribution in [0.4, 0.5) is 0 Å². The summed E-state index contributed by atoms with van der Waals surface area (Å²) in [5.41, 5.74) is 0. The molecule has 1 heterocycles. The molecule has 1 unspecified atom stereocenters. The predicted octanol–water partition coefficient (Wildman–Crippen LogP) is -2.21. The summed E-state index contributed by atoms with van der Waals surface area (Å²) in [6.07, 6.45) is -1.26. The van der Waals surface area contributed by atoms with Gasteiger partial charge >= 0.3 is 0 Å². The number of aliphatic hydroxyl groups excluding tert-OH is 2. The Morgan fingerprint density at radius 2 is 2.08 bits per heavy atom. The van der Waals surface area contributed by atoms with E-state index in [4.69, 9.17) is 10.2 Å². The maximum Gasteiger partial charge on any atom is 0.253 e. The van der Waals surface area contributed by atoms with Crippen LogP contribution in [0.1, 0.15) is 0 Å². The molecule has 1 atom stereocenters. The number of hydrogen-bond acceptors (Lipinski definition) is 3. The van der Waals surface area contributed by atoms with Crippen LogP contribution < -0.4 is 5.32 Å². The molecule has 0 aromatic carbocycles. The molecule has 12 heavy (non-hydrogen) atoms. The molecule has 1 radical (unpaired) electrons. The largest absolute Gasteiger partial charge is 0.393 e. The van der Waals surface area contributed by atoms with Gasteiger partial charge in [-0.15, -0.1) is 0 Å². The number of nitrogens with zero attached hydrogens (tertiary/aromatic N) is 2. The van der Waals surface area contributed by atoms with Gasteiger partial charge in [-0.05, 0) is 0 Å². The number of carbonyl (C=O) groups excluding carboxylic acids is 1. The molecule has 0 bridgehead atoms. The Morgan fingerprint density at radius 1 is 1.50 bits per heavy atom. The van der Waals surface area contributed by atoms with Crippen molar-refractivity contribution in [2.75, 3.05) is 32.8 Å². The fraction of sp³-hybridized carbons (Fsp3) is 0.857. The van der Waals surface area contributed by atoms with Gasteiger partial charge in [0, 0.05) is 26.2 Å². The molecule has 0 aliphatic carbocycles. The highest BCUT2D eigenvalue weighted by molar-refractivity contribution is 5.80.